The van der Waals surface area contributed by atoms with E-state index >= 15 is 0 Å². The third kappa shape index (κ3) is 4.20. The number of sulfonamides is 1. The molecule has 1 aromatic carbocycles. The summed E-state index contributed by atoms with van der Waals surface area (Å²) < 4.78 is 63.6. The Morgan fingerprint density at radius 3 is 2.45 bits per heavy atom. The second-order valence-corrected chi connectivity index (χ2v) is 6.80. The molecule has 0 aliphatic carbocycles. The van der Waals surface area contributed by atoms with Crippen LogP contribution in [0.1, 0.15) is 18.9 Å². The summed E-state index contributed by atoms with van der Waals surface area (Å²) in [4.78, 5) is -0.330. The molecule has 0 aromatic heterocycles. The zero-order valence-corrected chi connectivity index (χ0v) is 13.2. The van der Waals surface area contributed by atoms with Gasteiger partial charge in [-0.05, 0) is 24.6 Å². The van der Waals surface area contributed by atoms with Gasteiger partial charge in [-0.1, -0.05) is 28.9 Å². The average molecular weight is 374 g/mol. The van der Waals surface area contributed by atoms with E-state index in [0.717, 1.165) is 12.1 Å². The summed E-state index contributed by atoms with van der Waals surface area (Å²) in [5, 5.41) is 0.627. The van der Waals surface area contributed by atoms with Crippen molar-refractivity contribution in [2.75, 3.05) is 18.4 Å². The van der Waals surface area contributed by atoms with Gasteiger partial charge in [-0.15, -0.1) is 0 Å². The van der Waals surface area contributed by atoms with Gasteiger partial charge in [0.15, 0.2) is 0 Å². The van der Waals surface area contributed by atoms with Gasteiger partial charge in [-0.25, -0.2) is 8.42 Å². The van der Waals surface area contributed by atoms with Crippen LogP contribution < -0.4 is 0 Å². The van der Waals surface area contributed by atoms with Gasteiger partial charge in [0.1, 0.15) is 0 Å². The van der Waals surface area contributed by atoms with E-state index < -0.39 is 21.8 Å². The maximum Gasteiger partial charge on any atom is 0.416 e. The third-order valence-electron chi connectivity index (χ3n) is 2.69. The minimum Gasteiger partial charge on any atom is -0.207 e. The Morgan fingerprint density at radius 1 is 1.30 bits per heavy atom. The molecular formula is C12H15BrF3NO2S. The second kappa shape index (κ2) is 6.91. The molecule has 0 aliphatic heterocycles. The molecule has 0 aliphatic rings. The second-order valence-electron chi connectivity index (χ2n) is 4.06. The van der Waals surface area contributed by atoms with Crippen molar-refractivity contribution in [2.24, 2.45) is 0 Å². The molecular weight excluding hydrogens is 359 g/mol. The number of hydrogen-bond donors (Lipinski definition) is 0. The fraction of sp³-hybridized carbons (Fsp3) is 0.500. The average Bonchev–Trinajstić information content (AvgIpc) is 2.38. The molecule has 0 N–H and O–H groups in total. The normalized spacial score (nSPS) is 12.9. The lowest BCUT2D eigenvalue weighted by molar-refractivity contribution is -0.137. The predicted molar refractivity (Wildman–Crippen MR) is 74.3 cm³/mol. The monoisotopic (exact) mass is 373 g/mol. The highest BCUT2D eigenvalue weighted by Crippen LogP contribution is 2.31. The molecule has 0 radical (unpaired) electrons. The molecule has 8 heteroatoms. The van der Waals surface area contributed by atoms with E-state index in [2.05, 4.69) is 15.9 Å². The molecule has 0 bridgehead atoms. The van der Waals surface area contributed by atoms with Gasteiger partial charge in [0, 0.05) is 18.4 Å². The van der Waals surface area contributed by atoms with Crippen molar-refractivity contribution in [3.05, 3.63) is 29.8 Å². The summed E-state index contributed by atoms with van der Waals surface area (Å²) in [6.45, 7) is 2.13. The van der Waals surface area contributed by atoms with Gasteiger partial charge >= 0.3 is 6.18 Å². The quantitative estimate of drug-likeness (QED) is 0.715. The van der Waals surface area contributed by atoms with Crippen LogP contribution in [-0.2, 0) is 16.2 Å². The maximum atomic E-state index is 12.6. The van der Waals surface area contributed by atoms with E-state index in [4.69, 9.17) is 0 Å². The lowest BCUT2D eigenvalue weighted by atomic mass is 10.2. The number of rotatable bonds is 6. The van der Waals surface area contributed by atoms with Crippen LogP contribution in [-0.4, -0.2) is 31.1 Å². The topological polar surface area (TPSA) is 37.4 Å². The van der Waals surface area contributed by atoms with E-state index in [1.165, 1.54) is 10.4 Å². The van der Waals surface area contributed by atoms with Crippen LogP contribution in [0.4, 0.5) is 13.2 Å². The van der Waals surface area contributed by atoms with Gasteiger partial charge in [-0.3, -0.25) is 0 Å². The molecule has 0 heterocycles. The molecule has 0 fully saturated rings. The van der Waals surface area contributed by atoms with Crippen LogP contribution in [0, 0.1) is 0 Å². The molecule has 0 atom stereocenters. The first kappa shape index (κ1) is 17.5. The van der Waals surface area contributed by atoms with Crippen molar-refractivity contribution >= 4 is 26.0 Å². The van der Waals surface area contributed by atoms with Crippen molar-refractivity contribution in [1.82, 2.24) is 4.31 Å². The molecule has 0 unspecified atom stereocenters. The fourth-order valence-electron chi connectivity index (χ4n) is 1.67. The fourth-order valence-corrected chi connectivity index (χ4v) is 3.45. The van der Waals surface area contributed by atoms with E-state index in [1.807, 2.05) is 0 Å². The summed E-state index contributed by atoms with van der Waals surface area (Å²) in [6, 6.07) is 3.81. The molecule has 0 saturated heterocycles. The first-order valence-electron chi connectivity index (χ1n) is 5.97. The smallest absolute Gasteiger partial charge is 0.207 e. The summed E-state index contributed by atoms with van der Waals surface area (Å²) >= 11 is 3.20. The Bertz CT molecular complexity index is 546. The molecule has 0 saturated carbocycles. The zero-order valence-electron chi connectivity index (χ0n) is 10.8. The number of halogens is 4. The first-order valence-corrected chi connectivity index (χ1v) is 8.53. The Labute approximate surface area is 125 Å². The molecule has 3 nitrogen and oxygen atoms in total. The van der Waals surface area contributed by atoms with Crippen molar-refractivity contribution in [3.63, 3.8) is 0 Å². The van der Waals surface area contributed by atoms with Crippen LogP contribution in [0.15, 0.2) is 29.2 Å². The van der Waals surface area contributed by atoms with Gasteiger partial charge in [0.25, 0.3) is 0 Å². The summed E-state index contributed by atoms with van der Waals surface area (Å²) in [5.74, 6) is 0. The van der Waals surface area contributed by atoms with Crippen LogP contribution in [0.25, 0.3) is 0 Å². The van der Waals surface area contributed by atoms with Crippen molar-refractivity contribution in [2.45, 2.75) is 24.4 Å². The van der Waals surface area contributed by atoms with Crippen molar-refractivity contribution in [1.29, 1.82) is 0 Å². The van der Waals surface area contributed by atoms with Crippen molar-refractivity contribution in [3.8, 4) is 0 Å². The van der Waals surface area contributed by atoms with E-state index in [1.54, 1.807) is 6.92 Å². The Balaban J connectivity index is 3.14. The number of nitrogens with zero attached hydrogens (tertiary/aromatic N) is 1. The Kier molecular flexibility index (Phi) is 6.03. The molecule has 20 heavy (non-hydrogen) atoms. The Morgan fingerprint density at radius 2 is 1.95 bits per heavy atom. The zero-order chi connectivity index (χ0) is 15.4. The number of alkyl halides is 4. The maximum absolute atomic E-state index is 12.6. The van der Waals surface area contributed by atoms with Crippen LogP contribution in [0.5, 0.6) is 0 Å². The first-order chi connectivity index (χ1) is 9.23. The van der Waals surface area contributed by atoms with Crippen LogP contribution >= 0.6 is 15.9 Å². The van der Waals surface area contributed by atoms with Gasteiger partial charge < -0.3 is 0 Å². The SMILES string of the molecule is CCN(CCCBr)S(=O)(=O)c1cccc(C(F)(F)F)c1. The minimum atomic E-state index is -4.56. The summed E-state index contributed by atoms with van der Waals surface area (Å²) in [6.07, 6.45) is -3.97. The van der Waals surface area contributed by atoms with Crippen LogP contribution in [0.2, 0.25) is 0 Å². The third-order valence-corrected chi connectivity index (χ3v) is 5.22. The predicted octanol–water partition coefficient (Wildman–Crippen LogP) is 3.50. The standard InChI is InChI=1S/C12H15BrF3NO2S/c1-2-17(8-4-7-13)20(18,19)11-6-3-5-10(9-11)12(14,15)16/h3,5-6,9H,2,4,7-8H2,1H3. The highest BCUT2D eigenvalue weighted by atomic mass is 79.9. The molecule has 1 rings (SSSR count). The highest BCUT2D eigenvalue weighted by Gasteiger charge is 2.32. The number of benzene rings is 1. The van der Waals surface area contributed by atoms with Gasteiger partial charge in [0.05, 0.1) is 10.5 Å². The molecule has 1 aromatic rings. The largest absolute Gasteiger partial charge is 0.416 e. The molecule has 0 amide bonds. The van der Waals surface area contributed by atoms with E-state index in [0.29, 0.717) is 17.8 Å². The molecule has 114 valence electrons. The summed E-state index contributed by atoms with van der Waals surface area (Å²) in [7, 11) is -3.89. The Hall–Kier alpha value is -0.600. The lowest BCUT2D eigenvalue weighted by Crippen LogP contribution is -2.32. The highest BCUT2D eigenvalue weighted by molar-refractivity contribution is 9.09. The van der Waals surface area contributed by atoms with Crippen molar-refractivity contribution < 1.29 is 21.6 Å². The lowest BCUT2D eigenvalue weighted by Gasteiger charge is -2.20. The van der Waals surface area contributed by atoms with Gasteiger partial charge in [-0.2, -0.15) is 17.5 Å². The summed E-state index contributed by atoms with van der Waals surface area (Å²) in [5.41, 5.74) is -0.963. The van der Waals surface area contributed by atoms with E-state index in [-0.39, 0.29) is 18.0 Å². The van der Waals surface area contributed by atoms with Gasteiger partial charge in [0.2, 0.25) is 10.0 Å². The van der Waals surface area contributed by atoms with Crippen LogP contribution in [0.3, 0.4) is 0 Å². The minimum absolute atomic E-state index is 0.214. The molecule has 0 spiro atoms. The van der Waals surface area contributed by atoms with E-state index in [9.17, 15) is 21.6 Å². The number of hydrogen-bond acceptors (Lipinski definition) is 2.